The summed E-state index contributed by atoms with van der Waals surface area (Å²) in [5.41, 5.74) is 2.41. The minimum absolute atomic E-state index is 0.0486. The van der Waals surface area contributed by atoms with Gasteiger partial charge in [0, 0.05) is 17.2 Å². The van der Waals surface area contributed by atoms with Crippen molar-refractivity contribution >= 4 is 11.7 Å². The summed E-state index contributed by atoms with van der Waals surface area (Å²) >= 11 is 0. The summed E-state index contributed by atoms with van der Waals surface area (Å²) in [5, 5.41) is 14.1. The van der Waals surface area contributed by atoms with Crippen LogP contribution in [0.15, 0.2) is 138 Å². The van der Waals surface area contributed by atoms with Crippen molar-refractivity contribution in [1.29, 1.82) is 0 Å². The number of nitrogens with one attached hydrogen (secondary N) is 1. The first-order valence-electron chi connectivity index (χ1n) is 12.8. The maximum atomic E-state index is 12.9. The molecule has 6 heteroatoms. The minimum atomic E-state index is -0.880. The van der Waals surface area contributed by atoms with Gasteiger partial charge < -0.3 is 10.4 Å². The minimum Gasteiger partial charge on any atom is -0.391 e. The van der Waals surface area contributed by atoms with Crippen molar-refractivity contribution in [2.45, 2.75) is 24.5 Å². The van der Waals surface area contributed by atoms with Gasteiger partial charge in [0.05, 0.1) is 12.6 Å². The van der Waals surface area contributed by atoms with E-state index in [2.05, 4.69) is 46.7 Å². The van der Waals surface area contributed by atoms with Crippen LogP contribution in [0.25, 0.3) is 0 Å². The van der Waals surface area contributed by atoms with E-state index in [1.54, 1.807) is 36.5 Å². The quantitative estimate of drug-likeness (QED) is 0.262. The first kappa shape index (κ1) is 25.8. The fourth-order valence-electron chi connectivity index (χ4n) is 5.08. The normalized spacial score (nSPS) is 12.0. The highest BCUT2D eigenvalue weighted by molar-refractivity contribution is 6.03. The molecule has 0 saturated heterocycles. The number of nitrogens with zero attached hydrogens (tertiary/aromatic N) is 2. The molecule has 1 atom stereocenters. The number of aliphatic hydroxyl groups is 1. The Morgan fingerprint density at radius 3 is 1.67 bits per heavy atom. The first-order chi connectivity index (χ1) is 19.1. The molecule has 0 aliphatic heterocycles. The Morgan fingerprint density at radius 1 is 0.744 bits per heavy atom. The molecule has 1 heterocycles. The molecule has 4 aromatic carbocycles. The summed E-state index contributed by atoms with van der Waals surface area (Å²) < 4.78 is 1.37. The van der Waals surface area contributed by atoms with E-state index in [1.807, 2.05) is 60.7 Å². The van der Waals surface area contributed by atoms with Crippen molar-refractivity contribution in [2.75, 3.05) is 5.32 Å². The Hall–Kier alpha value is -4.81. The number of aliphatic hydroxyl groups excluding tert-OH is 1. The van der Waals surface area contributed by atoms with E-state index < -0.39 is 17.2 Å². The topological polar surface area (TPSA) is 84.2 Å². The molecule has 5 rings (SSSR count). The van der Waals surface area contributed by atoms with E-state index in [0.29, 0.717) is 12.0 Å². The smallest absolute Gasteiger partial charge is 0.349 e. The van der Waals surface area contributed by atoms with E-state index >= 15 is 0 Å². The fourth-order valence-corrected chi connectivity index (χ4v) is 5.08. The predicted octanol–water partition coefficient (Wildman–Crippen LogP) is 5.28. The van der Waals surface area contributed by atoms with Gasteiger partial charge in [0.25, 0.3) is 5.91 Å². The standard InChI is InChI=1S/C33H29N3O3/c37-29(24-36-22-21-30(35-32(36)39)34-31(38)25-13-5-1-6-14-25)23-33(26-15-7-2-8-16-26,27-17-9-3-10-18-27)28-19-11-4-12-20-28/h1-22,29,37H,23-24H2,(H,34,35,38,39)/t29-/m0/s1. The summed E-state index contributed by atoms with van der Waals surface area (Å²) in [6.07, 6.45) is 1.01. The lowest BCUT2D eigenvalue weighted by Crippen LogP contribution is -2.37. The third kappa shape index (κ3) is 5.71. The van der Waals surface area contributed by atoms with Crippen LogP contribution < -0.4 is 11.0 Å². The second kappa shape index (κ2) is 11.7. The lowest BCUT2D eigenvalue weighted by molar-refractivity contribution is 0.102. The number of carbonyl (C=O) groups excluding carboxylic acids is 1. The van der Waals surface area contributed by atoms with Gasteiger partial charge in [-0.3, -0.25) is 9.36 Å². The molecule has 0 radical (unpaired) electrons. The van der Waals surface area contributed by atoms with Crippen molar-refractivity contribution in [3.8, 4) is 0 Å². The molecule has 194 valence electrons. The molecule has 0 saturated carbocycles. The highest BCUT2D eigenvalue weighted by Crippen LogP contribution is 2.43. The zero-order valence-electron chi connectivity index (χ0n) is 21.4. The molecule has 2 N–H and O–H groups in total. The maximum absolute atomic E-state index is 12.9. The van der Waals surface area contributed by atoms with Gasteiger partial charge in [-0.05, 0) is 41.3 Å². The second-order valence-electron chi connectivity index (χ2n) is 9.43. The molecule has 1 aromatic heterocycles. The van der Waals surface area contributed by atoms with Gasteiger partial charge in [-0.2, -0.15) is 4.98 Å². The SMILES string of the molecule is O=C(Nc1ccn(C[C@@H](O)CC(c2ccccc2)(c2ccccc2)c2ccccc2)c(=O)n1)c1ccccc1. The van der Waals surface area contributed by atoms with Gasteiger partial charge in [-0.1, -0.05) is 109 Å². The van der Waals surface area contributed by atoms with Crippen LogP contribution in [0.1, 0.15) is 33.5 Å². The van der Waals surface area contributed by atoms with Gasteiger partial charge in [0.15, 0.2) is 0 Å². The summed E-state index contributed by atoms with van der Waals surface area (Å²) in [5.74, 6) is -0.189. The average Bonchev–Trinajstić information content (AvgIpc) is 2.99. The summed E-state index contributed by atoms with van der Waals surface area (Å²) in [7, 11) is 0. The fraction of sp³-hybridized carbons (Fsp3) is 0.121. The van der Waals surface area contributed by atoms with E-state index in [-0.39, 0.29) is 18.3 Å². The van der Waals surface area contributed by atoms with E-state index in [1.165, 1.54) is 4.57 Å². The largest absolute Gasteiger partial charge is 0.391 e. The lowest BCUT2D eigenvalue weighted by atomic mass is 9.66. The molecule has 0 unspecified atom stereocenters. The van der Waals surface area contributed by atoms with Crippen LogP contribution in [0.3, 0.4) is 0 Å². The molecular formula is C33H29N3O3. The summed E-state index contributed by atoms with van der Waals surface area (Å²) in [4.78, 5) is 29.3. The van der Waals surface area contributed by atoms with Crippen LogP contribution in [-0.2, 0) is 12.0 Å². The number of benzene rings is 4. The predicted molar refractivity (Wildman–Crippen MR) is 153 cm³/mol. The Morgan fingerprint density at radius 2 is 1.21 bits per heavy atom. The first-order valence-corrected chi connectivity index (χ1v) is 12.8. The van der Waals surface area contributed by atoms with Gasteiger partial charge in [0.2, 0.25) is 0 Å². The van der Waals surface area contributed by atoms with Crippen molar-refractivity contribution < 1.29 is 9.90 Å². The number of amides is 1. The number of anilines is 1. The van der Waals surface area contributed by atoms with Gasteiger partial charge in [0.1, 0.15) is 5.82 Å². The Bertz CT molecular complexity index is 1470. The van der Waals surface area contributed by atoms with E-state index in [4.69, 9.17) is 0 Å². The van der Waals surface area contributed by atoms with Crippen LogP contribution in [0.5, 0.6) is 0 Å². The van der Waals surface area contributed by atoms with Gasteiger partial charge in [-0.25, -0.2) is 4.79 Å². The molecule has 6 nitrogen and oxygen atoms in total. The van der Waals surface area contributed by atoms with Gasteiger partial charge >= 0.3 is 5.69 Å². The van der Waals surface area contributed by atoms with Gasteiger partial charge in [-0.15, -0.1) is 0 Å². The Balaban J connectivity index is 1.44. The van der Waals surface area contributed by atoms with Crippen molar-refractivity contribution in [3.05, 3.63) is 166 Å². The van der Waals surface area contributed by atoms with Crippen LogP contribution in [0.4, 0.5) is 5.82 Å². The van der Waals surface area contributed by atoms with Crippen molar-refractivity contribution in [1.82, 2.24) is 9.55 Å². The second-order valence-corrected chi connectivity index (χ2v) is 9.43. The zero-order chi connectivity index (χ0) is 27.1. The monoisotopic (exact) mass is 515 g/mol. The average molecular weight is 516 g/mol. The van der Waals surface area contributed by atoms with Crippen LogP contribution >= 0.6 is 0 Å². The molecule has 0 aliphatic carbocycles. The van der Waals surface area contributed by atoms with Crippen LogP contribution in [0, 0.1) is 0 Å². The Labute approximate surface area is 227 Å². The number of hydrogen-bond acceptors (Lipinski definition) is 4. The van der Waals surface area contributed by atoms with E-state index in [0.717, 1.165) is 16.7 Å². The molecule has 39 heavy (non-hydrogen) atoms. The third-order valence-corrected chi connectivity index (χ3v) is 6.90. The molecule has 0 spiro atoms. The molecule has 0 aliphatic rings. The number of rotatable bonds is 9. The lowest BCUT2D eigenvalue weighted by Gasteiger charge is -2.37. The number of carbonyl (C=O) groups is 1. The van der Waals surface area contributed by atoms with Crippen LogP contribution in [0.2, 0.25) is 0 Å². The summed E-state index contributed by atoms with van der Waals surface area (Å²) in [6.45, 7) is 0.0486. The zero-order valence-corrected chi connectivity index (χ0v) is 21.4. The highest BCUT2D eigenvalue weighted by atomic mass is 16.3. The molecule has 0 fully saturated rings. The third-order valence-electron chi connectivity index (χ3n) is 6.90. The summed E-state index contributed by atoms with van der Waals surface area (Å²) in [6, 6.07) is 40.7. The van der Waals surface area contributed by atoms with Crippen molar-refractivity contribution in [2.24, 2.45) is 0 Å². The van der Waals surface area contributed by atoms with Crippen LogP contribution in [-0.4, -0.2) is 26.7 Å². The number of aromatic nitrogens is 2. The maximum Gasteiger partial charge on any atom is 0.349 e. The number of hydrogen-bond donors (Lipinski definition) is 2. The van der Waals surface area contributed by atoms with Crippen molar-refractivity contribution in [3.63, 3.8) is 0 Å². The molecular weight excluding hydrogens is 486 g/mol. The molecule has 5 aromatic rings. The van der Waals surface area contributed by atoms with E-state index in [9.17, 15) is 14.7 Å². The highest BCUT2D eigenvalue weighted by Gasteiger charge is 2.38. The molecule has 1 amide bonds. The molecule has 0 bridgehead atoms. The Kier molecular flexibility index (Phi) is 7.75.